The maximum Gasteiger partial charge on any atom is 0.171 e. The summed E-state index contributed by atoms with van der Waals surface area (Å²) in [6, 6.07) is 43.3. The Morgan fingerprint density at radius 2 is 0.906 bits per heavy atom. The molecule has 0 spiro atoms. The number of benzene rings is 6. The van der Waals surface area contributed by atoms with E-state index in [1.165, 1.54) is 16.2 Å². The summed E-state index contributed by atoms with van der Waals surface area (Å²) in [5.74, 6) is 0. The quantitative estimate of drug-likeness (QED) is 0.224. The molecule has 0 bridgehead atoms. The lowest BCUT2D eigenvalue weighted by atomic mass is 10.0. The van der Waals surface area contributed by atoms with Crippen molar-refractivity contribution in [1.82, 2.24) is 0 Å². The predicted molar refractivity (Wildman–Crippen MR) is 138 cm³/mol. The van der Waals surface area contributed by atoms with Crippen LogP contribution in [0.15, 0.2) is 127 Å². The van der Waals surface area contributed by atoms with Crippen LogP contribution in [0.5, 0.6) is 0 Å². The predicted octanol–water partition coefficient (Wildman–Crippen LogP) is 6.79. The molecule has 0 amide bonds. The molecular weight excluding hydrogens is 407 g/mol. The lowest BCUT2D eigenvalue weighted by Crippen LogP contribution is -2.25. The molecule has 1 atom stereocenters. The Labute approximate surface area is 187 Å². The first-order chi connectivity index (χ1) is 15.7. The van der Waals surface area contributed by atoms with Gasteiger partial charge in [0, 0.05) is 15.9 Å². The molecule has 2 heteroatoms. The Balaban J connectivity index is 1.63. The summed E-state index contributed by atoms with van der Waals surface area (Å²) in [6.45, 7) is 0. The highest BCUT2D eigenvalue weighted by molar-refractivity contribution is 7.85. The second kappa shape index (κ2) is 7.48. The molecule has 0 heterocycles. The van der Waals surface area contributed by atoms with E-state index in [-0.39, 0.29) is 0 Å². The molecule has 0 saturated heterocycles. The van der Waals surface area contributed by atoms with E-state index in [2.05, 4.69) is 78.9 Å². The topological polar surface area (TPSA) is 17.1 Å². The molecule has 0 aliphatic heterocycles. The lowest BCUT2D eigenvalue weighted by Gasteiger charge is -2.21. The van der Waals surface area contributed by atoms with Crippen LogP contribution in [0.2, 0.25) is 0 Å². The molecule has 0 fully saturated rings. The van der Waals surface area contributed by atoms with Gasteiger partial charge in [0.15, 0.2) is 7.14 Å². The molecular formula is C30H21OP. The minimum absolute atomic E-state index is 0.857. The van der Waals surface area contributed by atoms with E-state index in [0.717, 1.165) is 32.1 Å². The molecule has 32 heavy (non-hydrogen) atoms. The maximum atomic E-state index is 15.0. The van der Waals surface area contributed by atoms with Gasteiger partial charge in [-0.2, -0.15) is 0 Å². The Hall–Kier alpha value is -3.67. The van der Waals surface area contributed by atoms with Crippen molar-refractivity contribution in [3.05, 3.63) is 127 Å². The molecule has 1 unspecified atom stereocenters. The first-order valence-electron chi connectivity index (χ1n) is 10.8. The van der Waals surface area contributed by atoms with Crippen molar-refractivity contribution in [2.45, 2.75) is 0 Å². The molecule has 0 radical (unpaired) electrons. The summed E-state index contributed by atoms with van der Waals surface area (Å²) in [4.78, 5) is 0. The smallest absolute Gasteiger partial charge is 0.171 e. The van der Waals surface area contributed by atoms with E-state index in [1.54, 1.807) is 0 Å². The fourth-order valence-electron chi connectivity index (χ4n) is 4.65. The average molecular weight is 428 g/mol. The fraction of sp³-hybridized carbons (Fsp3) is 0. The van der Waals surface area contributed by atoms with Gasteiger partial charge in [0.1, 0.15) is 0 Å². The summed E-state index contributed by atoms with van der Waals surface area (Å²) < 4.78 is 15.0. The summed E-state index contributed by atoms with van der Waals surface area (Å²) in [5.41, 5.74) is 0. The third-order valence-electron chi connectivity index (χ3n) is 6.31. The summed E-state index contributed by atoms with van der Waals surface area (Å²) in [5, 5.41) is 9.57. The highest BCUT2D eigenvalue weighted by Crippen LogP contribution is 2.43. The van der Waals surface area contributed by atoms with Crippen LogP contribution in [-0.2, 0) is 4.57 Å². The van der Waals surface area contributed by atoms with Crippen molar-refractivity contribution < 1.29 is 4.57 Å². The number of hydrogen-bond acceptors (Lipinski definition) is 1. The standard InChI is InChI=1S/C30H21OP/c31-32(26-11-2-1-3-12-26,27-17-16-22-8-4-5-10-24(22)20-27)28-18-19-30-25(21-28)15-14-23-9-6-7-13-29(23)30/h1-21H. The monoisotopic (exact) mass is 428 g/mol. The molecule has 6 aromatic rings. The van der Waals surface area contributed by atoms with Gasteiger partial charge in [0.2, 0.25) is 0 Å². The van der Waals surface area contributed by atoms with Gasteiger partial charge in [-0.05, 0) is 44.5 Å². The van der Waals surface area contributed by atoms with E-state index in [0.29, 0.717) is 0 Å². The normalized spacial score (nSPS) is 13.4. The third kappa shape index (κ3) is 2.98. The van der Waals surface area contributed by atoms with Gasteiger partial charge in [0.05, 0.1) is 0 Å². The van der Waals surface area contributed by atoms with Gasteiger partial charge < -0.3 is 4.57 Å². The van der Waals surface area contributed by atoms with Crippen molar-refractivity contribution >= 4 is 55.4 Å². The van der Waals surface area contributed by atoms with Crippen LogP contribution in [0.25, 0.3) is 32.3 Å². The molecule has 6 aromatic carbocycles. The van der Waals surface area contributed by atoms with Crippen molar-refractivity contribution in [2.75, 3.05) is 0 Å². The summed E-state index contributed by atoms with van der Waals surface area (Å²) in [7, 11) is -3.05. The SMILES string of the molecule is O=P(c1ccccc1)(c1ccc2ccccc2c1)c1ccc2c(ccc3ccccc32)c1. The number of rotatable bonds is 3. The number of fused-ring (bicyclic) bond motifs is 4. The summed E-state index contributed by atoms with van der Waals surface area (Å²) >= 11 is 0. The van der Waals surface area contributed by atoms with Crippen LogP contribution < -0.4 is 15.9 Å². The van der Waals surface area contributed by atoms with Crippen molar-refractivity contribution in [2.24, 2.45) is 0 Å². The van der Waals surface area contributed by atoms with E-state index < -0.39 is 7.14 Å². The van der Waals surface area contributed by atoms with Gasteiger partial charge in [-0.1, -0.05) is 115 Å². The van der Waals surface area contributed by atoms with Crippen LogP contribution >= 0.6 is 7.14 Å². The molecule has 0 saturated carbocycles. The van der Waals surface area contributed by atoms with E-state index in [4.69, 9.17) is 0 Å². The van der Waals surface area contributed by atoms with E-state index >= 15 is 0 Å². The van der Waals surface area contributed by atoms with Crippen LogP contribution in [0.3, 0.4) is 0 Å². The van der Waals surface area contributed by atoms with Crippen LogP contribution in [0, 0.1) is 0 Å². The van der Waals surface area contributed by atoms with Gasteiger partial charge in [-0.3, -0.25) is 0 Å². The van der Waals surface area contributed by atoms with Crippen molar-refractivity contribution in [3.8, 4) is 0 Å². The summed E-state index contributed by atoms with van der Waals surface area (Å²) in [6.07, 6.45) is 0. The van der Waals surface area contributed by atoms with Gasteiger partial charge in [-0.25, -0.2) is 0 Å². The second-order valence-electron chi connectivity index (χ2n) is 8.17. The zero-order chi connectivity index (χ0) is 21.5. The van der Waals surface area contributed by atoms with Crippen LogP contribution in [0.1, 0.15) is 0 Å². The molecule has 0 aliphatic rings. The largest absolute Gasteiger partial charge is 0.309 e. The van der Waals surface area contributed by atoms with Crippen molar-refractivity contribution in [1.29, 1.82) is 0 Å². The fourth-order valence-corrected chi connectivity index (χ4v) is 7.35. The van der Waals surface area contributed by atoms with E-state index in [9.17, 15) is 4.57 Å². The van der Waals surface area contributed by atoms with Gasteiger partial charge in [0.25, 0.3) is 0 Å². The van der Waals surface area contributed by atoms with Gasteiger partial charge >= 0.3 is 0 Å². The molecule has 0 aliphatic carbocycles. The molecule has 0 N–H and O–H groups in total. The Kier molecular flexibility index (Phi) is 4.45. The van der Waals surface area contributed by atoms with Crippen LogP contribution in [-0.4, -0.2) is 0 Å². The minimum atomic E-state index is -3.05. The van der Waals surface area contributed by atoms with Crippen LogP contribution in [0.4, 0.5) is 0 Å². The average Bonchev–Trinajstić information content (AvgIpc) is 2.88. The zero-order valence-electron chi connectivity index (χ0n) is 17.5. The highest BCUT2D eigenvalue weighted by Gasteiger charge is 2.30. The lowest BCUT2D eigenvalue weighted by molar-refractivity contribution is 0.592. The number of hydrogen-bond donors (Lipinski definition) is 0. The Morgan fingerprint density at radius 1 is 0.375 bits per heavy atom. The van der Waals surface area contributed by atoms with E-state index in [1.807, 2.05) is 48.5 Å². The zero-order valence-corrected chi connectivity index (χ0v) is 18.4. The third-order valence-corrected chi connectivity index (χ3v) is 9.34. The van der Waals surface area contributed by atoms with Crippen molar-refractivity contribution in [3.63, 3.8) is 0 Å². The second-order valence-corrected chi connectivity index (χ2v) is 10.9. The Bertz CT molecular complexity index is 1650. The molecule has 6 rings (SSSR count). The first-order valence-corrected chi connectivity index (χ1v) is 12.5. The molecule has 152 valence electrons. The minimum Gasteiger partial charge on any atom is -0.309 e. The first kappa shape index (κ1) is 19.0. The highest BCUT2D eigenvalue weighted by atomic mass is 31.2. The maximum absolute atomic E-state index is 15.0. The molecule has 0 aromatic heterocycles. The Morgan fingerprint density at radius 3 is 1.72 bits per heavy atom. The molecule has 1 nitrogen and oxygen atoms in total. The van der Waals surface area contributed by atoms with Gasteiger partial charge in [-0.15, -0.1) is 0 Å².